The maximum absolute atomic E-state index is 13.7. The number of nitrogens with zero attached hydrogens (tertiary/aromatic N) is 4. The highest BCUT2D eigenvalue weighted by atomic mass is 19.4. The Balaban J connectivity index is 1.22. The van der Waals surface area contributed by atoms with Crippen molar-refractivity contribution in [1.82, 2.24) is 19.8 Å². The van der Waals surface area contributed by atoms with E-state index in [0.29, 0.717) is 6.04 Å². The molecule has 2 aromatic carbocycles. The Morgan fingerprint density at radius 1 is 0.923 bits per heavy atom. The van der Waals surface area contributed by atoms with Crippen LogP contribution in [0, 0.1) is 0 Å². The number of fused-ring (bicyclic) bond motifs is 1. The average molecular weight is 539 g/mol. The van der Waals surface area contributed by atoms with Gasteiger partial charge in [-0.1, -0.05) is 36.4 Å². The van der Waals surface area contributed by atoms with Crippen molar-refractivity contribution in [3.05, 3.63) is 77.0 Å². The quantitative estimate of drug-likeness (QED) is 0.378. The Morgan fingerprint density at radius 2 is 1.56 bits per heavy atom. The number of hydrogen-bond acceptors (Lipinski definition) is 6. The molecule has 0 bridgehead atoms. The van der Waals surface area contributed by atoms with E-state index in [1.165, 1.54) is 16.7 Å². The van der Waals surface area contributed by atoms with E-state index in [-0.39, 0.29) is 17.8 Å². The van der Waals surface area contributed by atoms with Crippen LogP contribution in [-0.4, -0.2) is 59.0 Å². The van der Waals surface area contributed by atoms with Crippen LogP contribution in [0.15, 0.2) is 54.7 Å². The second-order valence-corrected chi connectivity index (χ2v) is 10.9. The summed E-state index contributed by atoms with van der Waals surface area (Å²) in [7, 11) is 4.09. The molecule has 0 atom stereocenters. The number of alkyl halides is 3. The number of nitrogens with one attached hydrogen (secondary N) is 2. The number of hydrogen-bond donors (Lipinski definition) is 2. The summed E-state index contributed by atoms with van der Waals surface area (Å²) in [6.45, 7) is 2.89. The lowest BCUT2D eigenvalue weighted by Gasteiger charge is -2.33. The Morgan fingerprint density at radius 3 is 2.15 bits per heavy atom. The van der Waals surface area contributed by atoms with Crippen LogP contribution >= 0.6 is 0 Å². The number of anilines is 3. The van der Waals surface area contributed by atoms with Crippen LogP contribution < -0.4 is 10.6 Å². The van der Waals surface area contributed by atoms with Crippen LogP contribution in [0.4, 0.5) is 30.6 Å². The van der Waals surface area contributed by atoms with E-state index in [0.717, 1.165) is 70.0 Å². The Kier molecular flexibility index (Phi) is 8.37. The van der Waals surface area contributed by atoms with Gasteiger partial charge in [-0.15, -0.1) is 0 Å². The molecule has 39 heavy (non-hydrogen) atoms. The molecule has 5 rings (SSSR count). The number of benzene rings is 2. The van der Waals surface area contributed by atoms with Gasteiger partial charge in [-0.3, -0.25) is 4.90 Å². The fourth-order valence-electron chi connectivity index (χ4n) is 5.64. The molecule has 2 N–H and O–H groups in total. The maximum atomic E-state index is 13.7. The summed E-state index contributed by atoms with van der Waals surface area (Å²) in [5.41, 5.74) is 3.96. The fourth-order valence-corrected chi connectivity index (χ4v) is 5.64. The molecule has 208 valence electrons. The largest absolute Gasteiger partial charge is 0.421 e. The minimum Gasteiger partial charge on any atom is -0.367 e. The third kappa shape index (κ3) is 7.08. The lowest BCUT2D eigenvalue weighted by molar-refractivity contribution is -0.137. The van der Waals surface area contributed by atoms with Gasteiger partial charge in [0, 0.05) is 43.6 Å². The molecule has 2 aliphatic rings. The molecule has 0 radical (unpaired) electrons. The van der Waals surface area contributed by atoms with Gasteiger partial charge >= 0.3 is 6.18 Å². The molecule has 1 aromatic heterocycles. The summed E-state index contributed by atoms with van der Waals surface area (Å²) >= 11 is 0. The first kappa shape index (κ1) is 27.4. The second-order valence-electron chi connectivity index (χ2n) is 10.9. The van der Waals surface area contributed by atoms with Gasteiger partial charge in [0.05, 0.1) is 0 Å². The van der Waals surface area contributed by atoms with Crippen molar-refractivity contribution in [2.75, 3.05) is 37.8 Å². The van der Waals surface area contributed by atoms with E-state index >= 15 is 0 Å². The highest BCUT2D eigenvalue weighted by Gasteiger charge is 2.36. The first-order valence-corrected chi connectivity index (χ1v) is 13.8. The Bertz CT molecular complexity index is 1210. The summed E-state index contributed by atoms with van der Waals surface area (Å²) in [6.07, 6.45) is 1.93. The van der Waals surface area contributed by atoms with Crippen molar-refractivity contribution in [1.29, 1.82) is 0 Å². The SMILES string of the molecule is CN(C)C1CCC(Nc2nc(Nc3ccc(CN4CCc5ccccc5CC4)cc3)ncc2C(F)(F)F)CC1. The smallest absolute Gasteiger partial charge is 0.367 e. The van der Waals surface area contributed by atoms with E-state index in [1.807, 2.05) is 38.4 Å². The molecule has 1 aliphatic carbocycles. The molecule has 0 amide bonds. The van der Waals surface area contributed by atoms with Crippen molar-refractivity contribution < 1.29 is 13.2 Å². The van der Waals surface area contributed by atoms with Gasteiger partial charge in [-0.25, -0.2) is 4.98 Å². The van der Waals surface area contributed by atoms with E-state index in [1.54, 1.807) is 0 Å². The highest BCUT2D eigenvalue weighted by Crippen LogP contribution is 2.35. The molecule has 0 unspecified atom stereocenters. The number of halogens is 3. The normalized spacial score (nSPS) is 20.4. The summed E-state index contributed by atoms with van der Waals surface area (Å²) in [6, 6.07) is 17.0. The zero-order chi connectivity index (χ0) is 27.4. The fraction of sp³-hybridized carbons (Fsp3) is 0.467. The Hall–Kier alpha value is -3.17. The third-order valence-electron chi connectivity index (χ3n) is 7.99. The van der Waals surface area contributed by atoms with E-state index in [4.69, 9.17) is 0 Å². The molecule has 1 fully saturated rings. The van der Waals surface area contributed by atoms with E-state index in [9.17, 15) is 13.2 Å². The summed E-state index contributed by atoms with van der Waals surface area (Å²) in [5, 5.41) is 6.16. The standard InChI is InChI=1S/C30H37F3N6/c1-38(2)26-13-11-24(12-14-26)35-28-27(30(31,32)33)19-34-29(37-28)36-25-9-7-21(8-10-25)20-39-17-15-22-5-3-4-6-23(22)16-18-39/h3-10,19,24,26H,11-18,20H2,1-2H3,(H2,34,35,36,37). The Labute approximate surface area is 228 Å². The lowest BCUT2D eigenvalue weighted by atomic mass is 9.90. The van der Waals surface area contributed by atoms with Crippen molar-refractivity contribution in [2.24, 2.45) is 0 Å². The van der Waals surface area contributed by atoms with Crippen LogP contribution in [0.3, 0.4) is 0 Å². The van der Waals surface area contributed by atoms with Crippen LogP contribution in [-0.2, 0) is 25.6 Å². The van der Waals surface area contributed by atoms with Gasteiger partial charge < -0.3 is 15.5 Å². The molecule has 0 saturated heterocycles. The average Bonchev–Trinajstić information content (AvgIpc) is 3.12. The van der Waals surface area contributed by atoms with Gasteiger partial charge in [0.1, 0.15) is 11.4 Å². The van der Waals surface area contributed by atoms with Crippen molar-refractivity contribution in [2.45, 2.75) is 63.3 Å². The van der Waals surface area contributed by atoms with Crippen molar-refractivity contribution >= 4 is 17.5 Å². The van der Waals surface area contributed by atoms with Crippen LogP contribution in [0.2, 0.25) is 0 Å². The molecule has 1 saturated carbocycles. The van der Waals surface area contributed by atoms with Gasteiger partial charge in [0.25, 0.3) is 0 Å². The minimum atomic E-state index is -4.53. The highest BCUT2D eigenvalue weighted by molar-refractivity contribution is 5.57. The van der Waals surface area contributed by atoms with Gasteiger partial charge in [0.15, 0.2) is 0 Å². The number of aromatic nitrogens is 2. The molecule has 1 aliphatic heterocycles. The molecule has 0 spiro atoms. The maximum Gasteiger partial charge on any atom is 0.421 e. The number of rotatable bonds is 7. The molecule has 2 heterocycles. The first-order valence-electron chi connectivity index (χ1n) is 13.8. The topological polar surface area (TPSA) is 56.3 Å². The van der Waals surface area contributed by atoms with Crippen LogP contribution in [0.5, 0.6) is 0 Å². The lowest BCUT2D eigenvalue weighted by Crippen LogP contribution is -2.36. The zero-order valence-electron chi connectivity index (χ0n) is 22.6. The predicted molar refractivity (Wildman–Crippen MR) is 149 cm³/mol. The first-order chi connectivity index (χ1) is 18.7. The van der Waals surface area contributed by atoms with Crippen molar-refractivity contribution in [3.63, 3.8) is 0 Å². The third-order valence-corrected chi connectivity index (χ3v) is 7.99. The van der Waals surface area contributed by atoms with E-state index in [2.05, 4.69) is 54.7 Å². The summed E-state index contributed by atoms with van der Waals surface area (Å²) < 4.78 is 41.2. The minimum absolute atomic E-state index is 0.0453. The van der Waals surface area contributed by atoms with Crippen LogP contribution in [0.1, 0.15) is 47.9 Å². The molecule has 9 heteroatoms. The molecular weight excluding hydrogens is 501 g/mol. The van der Waals surface area contributed by atoms with Gasteiger partial charge in [-0.05, 0) is 81.4 Å². The van der Waals surface area contributed by atoms with Crippen molar-refractivity contribution in [3.8, 4) is 0 Å². The molecule has 3 aromatic rings. The summed E-state index contributed by atoms with van der Waals surface area (Å²) in [4.78, 5) is 12.9. The van der Waals surface area contributed by atoms with E-state index < -0.39 is 11.7 Å². The second kappa shape index (κ2) is 11.9. The van der Waals surface area contributed by atoms with Crippen LogP contribution in [0.25, 0.3) is 0 Å². The monoisotopic (exact) mass is 538 g/mol. The van der Waals surface area contributed by atoms with Gasteiger partial charge in [-0.2, -0.15) is 18.2 Å². The van der Waals surface area contributed by atoms with Gasteiger partial charge in [0.2, 0.25) is 5.95 Å². The zero-order valence-corrected chi connectivity index (χ0v) is 22.6. The molecular formula is C30H37F3N6. The summed E-state index contributed by atoms with van der Waals surface area (Å²) in [5.74, 6) is -0.0161. The predicted octanol–water partition coefficient (Wildman–Crippen LogP) is 6.12. The molecule has 6 nitrogen and oxygen atoms in total.